The third kappa shape index (κ3) is 2.91. The predicted molar refractivity (Wildman–Crippen MR) is 78.3 cm³/mol. The van der Waals surface area contributed by atoms with Crippen molar-refractivity contribution in [3.8, 4) is 6.07 Å². The third-order valence-corrected chi connectivity index (χ3v) is 3.18. The van der Waals surface area contributed by atoms with E-state index in [1.807, 2.05) is 43.1 Å². The van der Waals surface area contributed by atoms with Gasteiger partial charge in [-0.2, -0.15) is 5.26 Å². The molecule has 0 atom stereocenters. The Balaban J connectivity index is 2.47. The fourth-order valence-corrected chi connectivity index (χ4v) is 2.18. The third-order valence-electron chi connectivity index (χ3n) is 2.77. The van der Waals surface area contributed by atoms with Gasteiger partial charge in [-0.15, -0.1) is 0 Å². The average Bonchev–Trinajstić information content (AvgIpc) is 2.45. The lowest BCUT2D eigenvalue weighted by molar-refractivity contribution is 0.914. The number of rotatable bonds is 3. The van der Waals surface area contributed by atoms with Crippen LogP contribution in [0.15, 0.2) is 34.9 Å². The van der Waals surface area contributed by atoms with Crippen molar-refractivity contribution in [2.45, 2.75) is 13.3 Å². The summed E-state index contributed by atoms with van der Waals surface area (Å²) in [6, 6.07) is 11.5. The zero-order valence-electron chi connectivity index (χ0n) is 10.8. The van der Waals surface area contributed by atoms with Crippen molar-refractivity contribution < 1.29 is 0 Å². The smallest absolute Gasteiger partial charge is 0.137 e. The number of benzene rings is 1. The van der Waals surface area contributed by atoms with E-state index in [1.54, 1.807) is 6.07 Å². The van der Waals surface area contributed by atoms with Crippen LogP contribution in [0, 0.1) is 11.3 Å². The highest BCUT2D eigenvalue weighted by molar-refractivity contribution is 9.10. The molecular weight excluding hydrogens is 304 g/mol. The fourth-order valence-electron chi connectivity index (χ4n) is 1.77. The van der Waals surface area contributed by atoms with E-state index in [2.05, 4.69) is 32.0 Å². The van der Waals surface area contributed by atoms with Gasteiger partial charge in [0.25, 0.3) is 0 Å². The van der Waals surface area contributed by atoms with E-state index >= 15 is 0 Å². The van der Waals surface area contributed by atoms with Gasteiger partial charge in [0.2, 0.25) is 0 Å². The SMILES string of the molecule is CCc1nc(Br)cc(N(C)c2ccccc2C#N)n1. The normalized spacial score (nSPS) is 10.0. The van der Waals surface area contributed by atoms with Crippen molar-refractivity contribution in [3.05, 3.63) is 46.3 Å². The van der Waals surface area contributed by atoms with Crippen molar-refractivity contribution in [1.29, 1.82) is 5.26 Å². The summed E-state index contributed by atoms with van der Waals surface area (Å²) >= 11 is 3.39. The molecule has 0 amide bonds. The number of nitriles is 1. The average molecular weight is 317 g/mol. The molecule has 0 spiro atoms. The largest absolute Gasteiger partial charge is 0.328 e. The molecule has 5 heteroatoms. The molecule has 1 heterocycles. The van der Waals surface area contributed by atoms with Gasteiger partial charge in [-0.25, -0.2) is 9.97 Å². The quantitative estimate of drug-likeness (QED) is 0.814. The Kier molecular flexibility index (Phi) is 4.13. The van der Waals surface area contributed by atoms with Crippen LogP contribution < -0.4 is 4.90 Å². The van der Waals surface area contributed by atoms with Crippen LogP contribution in [0.4, 0.5) is 11.5 Å². The first kappa shape index (κ1) is 13.5. The van der Waals surface area contributed by atoms with Gasteiger partial charge in [0.05, 0.1) is 11.3 Å². The molecule has 0 aliphatic rings. The number of hydrogen-bond acceptors (Lipinski definition) is 4. The van der Waals surface area contributed by atoms with E-state index in [0.717, 1.165) is 28.4 Å². The lowest BCUT2D eigenvalue weighted by Gasteiger charge is -2.20. The van der Waals surface area contributed by atoms with Gasteiger partial charge in [-0.05, 0) is 28.1 Å². The predicted octanol–water partition coefficient (Wildman–Crippen LogP) is 3.44. The molecule has 0 aliphatic carbocycles. The number of hydrogen-bond donors (Lipinski definition) is 0. The number of aryl methyl sites for hydroxylation is 1. The first-order valence-corrected chi connectivity index (χ1v) is 6.71. The molecule has 0 fully saturated rings. The summed E-state index contributed by atoms with van der Waals surface area (Å²) in [4.78, 5) is 10.7. The van der Waals surface area contributed by atoms with Crippen LogP contribution in [-0.2, 0) is 6.42 Å². The first-order chi connectivity index (χ1) is 9.15. The maximum absolute atomic E-state index is 9.15. The Bertz CT molecular complexity index is 634. The Morgan fingerprint density at radius 2 is 2.05 bits per heavy atom. The van der Waals surface area contributed by atoms with E-state index in [4.69, 9.17) is 5.26 Å². The number of nitrogens with zero attached hydrogens (tertiary/aromatic N) is 4. The summed E-state index contributed by atoms with van der Waals surface area (Å²) in [5.74, 6) is 1.53. The molecule has 19 heavy (non-hydrogen) atoms. The minimum atomic E-state index is 0.623. The molecule has 1 aromatic carbocycles. The van der Waals surface area contributed by atoms with Gasteiger partial charge >= 0.3 is 0 Å². The summed E-state index contributed by atoms with van der Waals surface area (Å²) in [5.41, 5.74) is 1.45. The second kappa shape index (κ2) is 5.81. The lowest BCUT2D eigenvalue weighted by Crippen LogP contribution is -2.14. The molecule has 0 saturated carbocycles. The molecule has 0 unspecified atom stereocenters. The topological polar surface area (TPSA) is 52.8 Å². The number of halogens is 1. The molecule has 1 aromatic heterocycles. The van der Waals surface area contributed by atoms with Crippen molar-refractivity contribution in [2.75, 3.05) is 11.9 Å². The second-order valence-corrected chi connectivity index (χ2v) is 4.82. The van der Waals surface area contributed by atoms with E-state index in [9.17, 15) is 0 Å². The molecule has 0 aliphatic heterocycles. The fraction of sp³-hybridized carbons (Fsp3) is 0.214. The summed E-state index contributed by atoms with van der Waals surface area (Å²) in [7, 11) is 1.89. The van der Waals surface area contributed by atoms with Gasteiger partial charge in [0.1, 0.15) is 22.3 Å². The molecule has 2 rings (SSSR count). The maximum atomic E-state index is 9.15. The highest BCUT2D eigenvalue weighted by atomic mass is 79.9. The van der Waals surface area contributed by atoms with Crippen LogP contribution in [0.5, 0.6) is 0 Å². The van der Waals surface area contributed by atoms with Gasteiger partial charge in [0.15, 0.2) is 0 Å². The van der Waals surface area contributed by atoms with Crippen LogP contribution in [0.2, 0.25) is 0 Å². The van der Waals surface area contributed by atoms with Crippen LogP contribution in [-0.4, -0.2) is 17.0 Å². The summed E-state index contributed by atoms with van der Waals surface area (Å²) in [6.07, 6.45) is 0.764. The van der Waals surface area contributed by atoms with E-state index < -0.39 is 0 Å². The number of para-hydroxylation sites is 1. The minimum Gasteiger partial charge on any atom is -0.328 e. The highest BCUT2D eigenvalue weighted by Gasteiger charge is 2.11. The molecule has 0 saturated heterocycles. The van der Waals surface area contributed by atoms with E-state index in [1.165, 1.54) is 0 Å². The molecule has 96 valence electrons. The Hall–Kier alpha value is -1.93. The van der Waals surface area contributed by atoms with Crippen LogP contribution in [0.25, 0.3) is 0 Å². The van der Waals surface area contributed by atoms with Crippen LogP contribution >= 0.6 is 15.9 Å². The Labute approximate surface area is 120 Å². The number of anilines is 2. The van der Waals surface area contributed by atoms with Gasteiger partial charge in [-0.3, -0.25) is 0 Å². The van der Waals surface area contributed by atoms with Crippen LogP contribution in [0.1, 0.15) is 18.3 Å². The van der Waals surface area contributed by atoms with Crippen molar-refractivity contribution in [1.82, 2.24) is 9.97 Å². The molecule has 4 nitrogen and oxygen atoms in total. The molecular formula is C14H13BrN4. The standard InChI is InChI=1S/C14H13BrN4/c1-3-13-17-12(15)8-14(18-13)19(2)11-7-5-4-6-10(11)9-16/h4-8H,3H2,1-2H3. The van der Waals surface area contributed by atoms with E-state index in [0.29, 0.717) is 5.56 Å². The Morgan fingerprint density at radius 1 is 1.32 bits per heavy atom. The lowest BCUT2D eigenvalue weighted by atomic mass is 10.2. The summed E-state index contributed by atoms with van der Waals surface area (Å²) in [5, 5.41) is 9.15. The summed E-state index contributed by atoms with van der Waals surface area (Å²) < 4.78 is 0.746. The minimum absolute atomic E-state index is 0.623. The van der Waals surface area contributed by atoms with Gasteiger partial charge in [0, 0.05) is 19.5 Å². The first-order valence-electron chi connectivity index (χ1n) is 5.92. The monoisotopic (exact) mass is 316 g/mol. The Morgan fingerprint density at radius 3 is 2.74 bits per heavy atom. The van der Waals surface area contributed by atoms with Crippen molar-refractivity contribution in [2.24, 2.45) is 0 Å². The zero-order valence-corrected chi connectivity index (χ0v) is 12.3. The van der Waals surface area contributed by atoms with Gasteiger partial charge < -0.3 is 4.90 Å². The van der Waals surface area contributed by atoms with Crippen molar-refractivity contribution in [3.63, 3.8) is 0 Å². The van der Waals surface area contributed by atoms with Gasteiger partial charge in [-0.1, -0.05) is 19.1 Å². The van der Waals surface area contributed by atoms with E-state index in [-0.39, 0.29) is 0 Å². The van der Waals surface area contributed by atoms with Crippen LogP contribution in [0.3, 0.4) is 0 Å². The number of aromatic nitrogens is 2. The zero-order chi connectivity index (χ0) is 13.8. The molecule has 0 N–H and O–H groups in total. The second-order valence-electron chi connectivity index (χ2n) is 4.01. The molecule has 0 radical (unpaired) electrons. The molecule has 2 aromatic rings. The molecule has 0 bridgehead atoms. The highest BCUT2D eigenvalue weighted by Crippen LogP contribution is 2.26. The summed E-state index contributed by atoms with van der Waals surface area (Å²) in [6.45, 7) is 2.01. The maximum Gasteiger partial charge on any atom is 0.137 e. The van der Waals surface area contributed by atoms with Crippen molar-refractivity contribution >= 4 is 27.4 Å².